The van der Waals surface area contributed by atoms with Gasteiger partial charge in [-0.15, -0.1) is 0 Å². The lowest BCUT2D eigenvalue weighted by Crippen LogP contribution is -3.12. The highest BCUT2D eigenvalue weighted by Crippen LogP contribution is 2.04. The summed E-state index contributed by atoms with van der Waals surface area (Å²) in [7, 11) is 2.17. The lowest BCUT2D eigenvalue weighted by Gasteiger charge is -2.30. The van der Waals surface area contributed by atoms with Gasteiger partial charge in [-0.3, -0.25) is 0 Å². The first-order valence-electron chi connectivity index (χ1n) is 4.73. The average Bonchev–Trinajstić information content (AvgIpc) is 2.19. The number of hydrogen-bond donors (Lipinski definition) is 2. The maximum absolute atomic E-state index is 10.9. The van der Waals surface area contributed by atoms with Crippen LogP contribution >= 0.6 is 0 Å². The van der Waals surface area contributed by atoms with E-state index in [1.54, 1.807) is 6.20 Å². The van der Waals surface area contributed by atoms with Crippen molar-refractivity contribution in [2.24, 2.45) is 0 Å². The summed E-state index contributed by atoms with van der Waals surface area (Å²) in [4.78, 5) is 18.4. The molecule has 2 N–H and O–H groups in total. The molecule has 1 aliphatic rings. The van der Waals surface area contributed by atoms with Crippen molar-refractivity contribution >= 4 is 5.82 Å². The summed E-state index contributed by atoms with van der Waals surface area (Å²) in [5, 5.41) is 6.00. The highest BCUT2D eigenvalue weighted by atomic mass is 16.1. The minimum absolute atomic E-state index is 0.381. The molecule has 0 unspecified atom stereocenters. The van der Waals surface area contributed by atoms with Gasteiger partial charge in [0.05, 0.1) is 39.4 Å². The van der Waals surface area contributed by atoms with Crippen LogP contribution in [-0.2, 0) is 0 Å². The van der Waals surface area contributed by atoms with Gasteiger partial charge in [0.25, 0.3) is 0 Å². The standard InChI is InChI=1S/C8H13N5O/c1-12-2-4-13(5-3-12)7-6-9-11-8(14)10-7/h6H,2-5H2,1H3,(H,10,11,14)/p+1. The SMILES string of the molecule is C[NH+]1CCN(c2cn[nH]c(=O)n2)CC1. The van der Waals surface area contributed by atoms with Gasteiger partial charge in [0.2, 0.25) is 0 Å². The first-order chi connectivity index (χ1) is 6.75. The van der Waals surface area contributed by atoms with Gasteiger partial charge in [0.15, 0.2) is 5.82 Å². The Morgan fingerprint density at radius 1 is 1.50 bits per heavy atom. The number of piperazine rings is 1. The maximum Gasteiger partial charge on any atom is 0.363 e. The van der Waals surface area contributed by atoms with Crippen molar-refractivity contribution in [2.75, 3.05) is 38.1 Å². The van der Waals surface area contributed by atoms with Crippen molar-refractivity contribution in [3.63, 3.8) is 0 Å². The topological polar surface area (TPSA) is 66.3 Å². The minimum Gasteiger partial charge on any atom is -0.344 e. The Morgan fingerprint density at radius 3 is 2.86 bits per heavy atom. The number of hydrogen-bond acceptors (Lipinski definition) is 4. The Kier molecular flexibility index (Phi) is 2.45. The molecule has 1 saturated heterocycles. The third-order valence-electron chi connectivity index (χ3n) is 2.50. The molecule has 0 aliphatic carbocycles. The van der Waals surface area contributed by atoms with E-state index in [0.29, 0.717) is 5.82 Å². The van der Waals surface area contributed by atoms with Gasteiger partial charge in [0.1, 0.15) is 0 Å². The van der Waals surface area contributed by atoms with E-state index in [0.717, 1.165) is 26.2 Å². The molecular weight excluding hydrogens is 182 g/mol. The largest absolute Gasteiger partial charge is 0.363 e. The number of nitrogens with zero attached hydrogens (tertiary/aromatic N) is 3. The van der Waals surface area contributed by atoms with Gasteiger partial charge in [-0.05, 0) is 0 Å². The van der Waals surface area contributed by atoms with Gasteiger partial charge in [-0.1, -0.05) is 0 Å². The average molecular weight is 196 g/mol. The fraction of sp³-hybridized carbons (Fsp3) is 0.625. The molecule has 0 aromatic carbocycles. The van der Waals surface area contributed by atoms with E-state index in [4.69, 9.17) is 0 Å². The Bertz CT molecular complexity index is 355. The second-order valence-corrected chi connectivity index (χ2v) is 3.59. The monoisotopic (exact) mass is 196 g/mol. The predicted octanol–water partition coefficient (Wildman–Crippen LogP) is -2.50. The van der Waals surface area contributed by atoms with Crippen LogP contribution in [0.1, 0.15) is 0 Å². The Hall–Kier alpha value is -1.43. The predicted molar refractivity (Wildman–Crippen MR) is 51.5 cm³/mol. The summed E-state index contributed by atoms with van der Waals surface area (Å²) in [6.45, 7) is 4.02. The molecule has 76 valence electrons. The highest BCUT2D eigenvalue weighted by molar-refractivity contribution is 5.34. The lowest BCUT2D eigenvalue weighted by atomic mass is 10.3. The van der Waals surface area contributed by atoms with Crippen LogP contribution in [0.3, 0.4) is 0 Å². The summed E-state index contributed by atoms with van der Waals surface area (Å²) >= 11 is 0. The van der Waals surface area contributed by atoms with Crippen molar-refractivity contribution < 1.29 is 4.90 Å². The zero-order chi connectivity index (χ0) is 9.97. The number of H-pyrrole nitrogens is 1. The van der Waals surface area contributed by atoms with Crippen molar-refractivity contribution in [3.8, 4) is 0 Å². The number of anilines is 1. The van der Waals surface area contributed by atoms with Gasteiger partial charge < -0.3 is 9.80 Å². The molecule has 1 aliphatic heterocycles. The van der Waals surface area contributed by atoms with E-state index in [2.05, 4.69) is 27.1 Å². The fourth-order valence-corrected chi connectivity index (χ4v) is 1.57. The summed E-state index contributed by atoms with van der Waals surface area (Å²) < 4.78 is 0. The molecular formula is C8H14N5O+. The second-order valence-electron chi connectivity index (χ2n) is 3.59. The van der Waals surface area contributed by atoms with Crippen molar-refractivity contribution in [2.45, 2.75) is 0 Å². The maximum atomic E-state index is 10.9. The number of aromatic amines is 1. The third kappa shape index (κ3) is 1.90. The quantitative estimate of drug-likeness (QED) is 0.521. The molecule has 2 rings (SSSR count). The molecule has 0 spiro atoms. The van der Waals surface area contributed by atoms with Crippen molar-refractivity contribution in [1.82, 2.24) is 15.2 Å². The Balaban J connectivity index is 2.12. The summed E-state index contributed by atoms with van der Waals surface area (Å²) in [6, 6.07) is 0. The van der Waals surface area contributed by atoms with E-state index < -0.39 is 0 Å². The summed E-state index contributed by atoms with van der Waals surface area (Å²) in [5.41, 5.74) is -0.381. The lowest BCUT2D eigenvalue weighted by molar-refractivity contribution is -0.880. The van der Waals surface area contributed by atoms with E-state index in [-0.39, 0.29) is 5.69 Å². The molecule has 14 heavy (non-hydrogen) atoms. The molecule has 1 aromatic heterocycles. The number of quaternary nitrogens is 1. The van der Waals surface area contributed by atoms with Crippen LogP contribution in [-0.4, -0.2) is 48.4 Å². The minimum atomic E-state index is -0.381. The molecule has 1 fully saturated rings. The molecule has 2 heterocycles. The zero-order valence-electron chi connectivity index (χ0n) is 8.16. The third-order valence-corrected chi connectivity index (χ3v) is 2.50. The van der Waals surface area contributed by atoms with Crippen LogP contribution in [0.2, 0.25) is 0 Å². The van der Waals surface area contributed by atoms with Crippen LogP contribution < -0.4 is 15.5 Å². The van der Waals surface area contributed by atoms with E-state index in [1.165, 1.54) is 4.90 Å². The van der Waals surface area contributed by atoms with Gasteiger partial charge in [-0.25, -0.2) is 9.89 Å². The normalized spacial score (nSPS) is 18.5. The van der Waals surface area contributed by atoms with Gasteiger partial charge in [-0.2, -0.15) is 10.1 Å². The summed E-state index contributed by atoms with van der Waals surface area (Å²) in [5.74, 6) is 0.682. The van der Waals surface area contributed by atoms with E-state index in [1.807, 2.05) is 0 Å². The number of rotatable bonds is 1. The highest BCUT2D eigenvalue weighted by Gasteiger charge is 2.17. The molecule has 0 saturated carbocycles. The first kappa shape index (κ1) is 9.14. The van der Waals surface area contributed by atoms with Crippen LogP contribution in [0.15, 0.2) is 11.0 Å². The summed E-state index contributed by atoms with van der Waals surface area (Å²) in [6.07, 6.45) is 1.60. The zero-order valence-corrected chi connectivity index (χ0v) is 8.16. The van der Waals surface area contributed by atoms with Gasteiger partial charge in [0, 0.05) is 0 Å². The van der Waals surface area contributed by atoms with Crippen LogP contribution in [0.5, 0.6) is 0 Å². The number of likely N-dealkylation sites (N-methyl/N-ethyl adjacent to an activating group) is 1. The molecule has 6 nitrogen and oxygen atoms in total. The molecule has 6 heteroatoms. The molecule has 1 aromatic rings. The van der Waals surface area contributed by atoms with Crippen LogP contribution in [0.25, 0.3) is 0 Å². The number of nitrogens with one attached hydrogen (secondary N) is 2. The Morgan fingerprint density at radius 2 is 2.21 bits per heavy atom. The fourth-order valence-electron chi connectivity index (χ4n) is 1.57. The van der Waals surface area contributed by atoms with Crippen molar-refractivity contribution in [1.29, 1.82) is 0 Å². The van der Waals surface area contributed by atoms with Crippen LogP contribution in [0.4, 0.5) is 5.82 Å². The smallest absolute Gasteiger partial charge is 0.344 e. The second kappa shape index (κ2) is 3.75. The number of aromatic nitrogens is 3. The molecule has 0 amide bonds. The van der Waals surface area contributed by atoms with Crippen molar-refractivity contribution in [3.05, 3.63) is 16.7 Å². The molecule has 0 radical (unpaired) electrons. The Labute approximate surface area is 81.6 Å². The van der Waals surface area contributed by atoms with Gasteiger partial charge >= 0.3 is 5.69 Å². The first-order valence-corrected chi connectivity index (χ1v) is 4.73. The van der Waals surface area contributed by atoms with E-state index in [9.17, 15) is 4.79 Å². The molecule has 0 atom stereocenters. The van der Waals surface area contributed by atoms with E-state index >= 15 is 0 Å². The van der Waals surface area contributed by atoms with Crippen LogP contribution in [0, 0.1) is 0 Å². The molecule has 0 bridgehead atoms.